The van der Waals surface area contributed by atoms with Gasteiger partial charge in [-0.15, -0.1) is 0 Å². The maximum Gasteiger partial charge on any atom is 0.355 e. The van der Waals surface area contributed by atoms with Crippen molar-refractivity contribution in [2.45, 2.75) is 71.4 Å². The minimum atomic E-state index is -0.446. The van der Waals surface area contributed by atoms with E-state index < -0.39 is 11.5 Å². The second kappa shape index (κ2) is 9.50. The summed E-state index contributed by atoms with van der Waals surface area (Å²) in [5, 5.41) is 6.11. The van der Waals surface area contributed by atoms with Crippen molar-refractivity contribution in [2.75, 3.05) is 11.4 Å². The molecule has 2 aliphatic rings. The van der Waals surface area contributed by atoms with Crippen molar-refractivity contribution >= 4 is 27.8 Å². The number of anilines is 1. The van der Waals surface area contributed by atoms with Gasteiger partial charge < -0.3 is 4.90 Å². The van der Waals surface area contributed by atoms with Gasteiger partial charge in [-0.25, -0.2) is 18.7 Å². The minimum Gasteiger partial charge on any atom is -0.353 e. The largest absolute Gasteiger partial charge is 0.355 e. The molecule has 2 aliphatic heterocycles. The second-order valence-corrected chi connectivity index (χ2v) is 11.4. The van der Waals surface area contributed by atoms with Crippen LogP contribution < -0.4 is 10.6 Å². The molecule has 0 N–H and O–H groups in total. The van der Waals surface area contributed by atoms with Crippen LogP contribution in [0.1, 0.15) is 63.6 Å². The third-order valence-corrected chi connectivity index (χ3v) is 8.42. The van der Waals surface area contributed by atoms with Crippen LogP contribution in [0.4, 0.5) is 10.2 Å². The number of hydrogen-bond donors (Lipinski definition) is 0. The number of nitrogens with zero attached hydrogens (tertiary/aromatic N) is 7. The number of rotatable bonds is 2. The average molecular weight is 538 g/mol. The van der Waals surface area contributed by atoms with Crippen LogP contribution in [0.25, 0.3) is 38.9 Å². The van der Waals surface area contributed by atoms with Crippen LogP contribution in [-0.2, 0) is 13.0 Å². The Morgan fingerprint density at radius 3 is 2.77 bits per heavy atom. The molecule has 6 heterocycles. The zero-order valence-corrected chi connectivity index (χ0v) is 23.1. The zero-order valence-electron chi connectivity index (χ0n) is 23.1. The van der Waals surface area contributed by atoms with E-state index in [0.29, 0.717) is 41.1 Å². The van der Waals surface area contributed by atoms with Crippen LogP contribution in [0, 0.1) is 5.82 Å². The Hall–Kier alpha value is -4.14. The van der Waals surface area contributed by atoms with Gasteiger partial charge in [0, 0.05) is 36.3 Å². The molecule has 0 saturated carbocycles. The van der Waals surface area contributed by atoms with Gasteiger partial charge in [-0.3, -0.25) is 9.67 Å². The van der Waals surface area contributed by atoms with Gasteiger partial charge in [-0.2, -0.15) is 10.1 Å². The van der Waals surface area contributed by atoms with Gasteiger partial charge in [0.25, 0.3) is 0 Å². The smallest absolute Gasteiger partial charge is 0.353 e. The number of piperidine rings is 1. The Labute approximate surface area is 231 Å². The Bertz CT molecular complexity index is 1840. The van der Waals surface area contributed by atoms with Crippen LogP contribution in [0.3, 0.4) is 0 Å². The number of para-hydroxylation sites is 1. The van der Waals surface area contributed by atoms with Crippen LogP contribution in [0.15, 0.2) is 47.5 Å². The van der Waals surface area contributed by atoms with E-state index in [9.17, 15) is 4.79 Å². The van der Waals surface area contributed by atoms with Gasteiger partial charge >= 0.3 is 5.69 Å². The summed E-state index contributed by atoms with van der Waals surface area (Å²) in [7, 11) is 0. The lowest BCUT2D eigenvalue weighted by atomic mass is 10.00. The molecule has 1 saturated heterocycles. The van der Waals surface area contributed by atoms with Gasteiger partial charge in [0.1, 0.15) is 17.3 Å². The Kier molecular flexibility index (Phi) is 5.91. The van der Waals surface area contributed by atoms with Gasteiger partial charge in [0.2, 0.25) is 0 Å². The fraction of sp³-hybridized carbons (Fsp3) is 0.387. The molecule has 0 spiro atoms. The molecule has 1 fully saturated rings. The normalized spacial score (nSPS) is 17.3. The number of halogens is 1. The molecule has 204 valence electrons. The molecule has 9 heteroatoms. The topological polar surface area (TPSA) is 81.7 Å². The van der Waals surface area contributed by atoms with E-state index in [1.54, 1.807) is 4.57 Å². The third-order valence-electron chi connectivity index (χ3n) is 8.42. The summed E-state index contributed by atoms with van der Waals surface area (Å²) in [4.78, 5) is 30.6. The molecule has 1 atom stereocenters. The molecule has 0 aliphatic carbocycles. The second-order valence-electron chi connectivity index (χ2n) is 11.4. The number of fused-ring (bicyclic) bond motifs is 4. The van der Waals surface area contributed by atoms with Gasteiger partial charge in [-0.05, 0) is 62.6 Å². The Morgan fingerprint density at radius 1 is 1.07 bits per heavy atom. The highest BCUT2D eigenvalue weighted by atomic mass is 19.1. The summed E-state index contributed by atoms with van der Waals surface area (Å²) in [6.45, 7) is 7.69. The predicted molar refractivity (Wildman–Crippen MR) is 155 cm³/mol. The van der Waals surface area contributed by atoms with Crippen molar-refractivity contribution in [2.24, 2.45) is 0 Å². The first-order chi connectivity index (χ1) is 19.4. The van der Waals surface area contributed by atoms with Crippen LogP contribution in [0.2, 0.25) is 0 Å². The Morgan fingerprint density at radius 2 is 1.95 bits per heavy atom. The summed E-state index contributed by atoms with van der Waals surface area (Å²) in [5.41, 5.74) is 4.21. The molecule has 1 aromatic carbocycles. The molecule has 0 amide bonds. The first kappa shape index (κ1) is 24.9. The molecule has 8 nitrogen and oxygen atoms in total. The van der Waals surface area contributed by atoms with Gasteiger partial charge in [0.05, 0.1) is 28.5 Å². The van der Waals surface area contributed by atoms with Crippen molar-refractivity contribution in [1.29, 1.82) is 0 Å². The fourth-order valence-corrected chi connectivity index (χ4v) is 6.45. The molecular formula is C31H32FN7O. The first-order valence-electron chi connectivity index (χ1n) is 14.3. The van der Waals surface area contributed by atoms with Crippen molar-refractivity contribution in [3.8, 4) is 16.9 Å². The first-order valence-corrected chi connectivity index (χ1v) is 14.3. The Balaban J connectivity index is 1.64. The van der Waals surface area contributed by atoms with E-state index in [1.165, 1.54) is 6.07 Å². The standard InChI is InChI=1S/C31H32FN7O/c1-18(2)25-28-20(12-13-33-25)10-7-15-38-27-21(17-34-38)9-6-11-22(27)26-24(32)16-23-29(37-14-5-4-8-19(37)3)36-31(40)39(28)30(23)35-26/h6,9,11-13,16-19H,4-5,7-8,10,14-15H2,1-3H3/t19-/m0/s1. The number of aromatic nitrogens is 6. The minimum absolute atomic E-state index is 0.0537. The highest BCUT2D eigenvalue weighted by Crippen LogP contribution is 2.36. The molecule has 4 aromatic heterocycles. The van der Waals surface area contributed by atoms with Crippen molar-refractivity contribution in [3.63, 3.8) is 0 Å². The molecule has 40 heavy (non-hydrogen) atoms. The van der Waals surface area contributed by atoms with Crippen LogP contribution >= 0.6 is 0 Å². The lowest BCUT2D eigenvalue weighted by molar-refractivity contribution is 0.481. The molecule has 7 rings (SSSR count). The molecule has 2 bridgehead atoms. The van der Waals surface area contributed by atoms with Crippen LogP contribution in [0.5, 0.6) is 0 Å². The number of benzene rings is 1. The highest BCUT2D eigenvalue weighted by molar-refractivity contribution is 5.96. The predicted octanol–water partition coefficient (Wildman–Crippen LogP) is 5.78. The van der Waals surface area contributed by atoms with E-state index in [2.05, 4.69) is 35.8 Å². The molecular weight excluding hydrogens is 505 g/mol. The summed E-state index contributed by atoms with van der Waals surface area (Å²) in [6.07, 6.45) is 8.26. The van der Waals surface area contributed by atoms with Gasteiger partial charge in [-0.1, -0.05) is 32.0 Å². The van der Waals surface area contributed by atoms with Crippen LogP contribution in [-0.4, -0.2) is 41.9 Å². The fourth-order valence-electron chi connectivity index (χ4n) is 6.45. The van der Waals surface area contributed by atoms with E-state index in [1.807, 2.05) is 41.3 Å². The lowest BCUT2D eigenvalue weighted by Crippen LogP contribution is -2.40. The maximum atomic E-state index is 16.2. The molecule has 0 radical (unpaired) electrons. The third kappa shape index (κ3) is 3.82. The summed E-state index contributed by atoms with van der Waals surface area (Å²) in [5.74, 6) is 0.115. The van der Waals surface area contributed by atoms with Crippen molar-refractivity contribution in [3.05, 3.63) is 70.3 Å². The van der Waals surface area contributed by atoms with Crippen molar-refractivity contribution in [1.82, 2.24) is 29.3 Å². The van der Waals surface area contributed by atoms with E-state index >= 15 is 4.39 Å². The number of hydrogen-bond acceptors (Lipinski definition) is 6. The number of pyridine rings is 2. The van der Waals surface area contributed by atoms with E-state index in [4.69, 9.17) is 9.97 Å². The average Bonchev–Trinajstić information content (AvgIpc) is 3.36. The van der Waals surface area contributed by atoms with Gasteiger partial charge in [0.15, 0.2) is 5.65 Å². The maximum absolute atomic E-state index is 16.2. The van der Waals surface area contributed by atoms with E-state index in [0.717, 1.165) is 54.4 Å². The summed E-state index contributed by atoms with van der Waals surface area (Å²) in [6, 6.07) is 9.46. The lowest BCUT2D eigenvalue weighted by Gasteiger charge is -2.35. The van der Waals surface area contributed by atoms with E-state index in [-0.39, 0.29) is 17.7 Å². The highest BCUT2D eigenvalue weighted by Gasteiger charge is 2.28. The molecule has 0 unspecified atom stereocenters. The zero-order chi connectivity index (χ0) is 27.5. The summed E-state index contributed by atoms with van der Waals surface area (Å²) >= 11 is 0. The summed E-state index contributed by atoms with van der Waals surface area (Å²) < 4.78 is 19.8. The quantitative estimate of drug-likeness (QED) is 0.284. The molecule has 5 aromatic rings. The number of aryl methyl sites for hydroxylation is 2. The van der Waals surface area contributed by atoms with Crippen molar-refractivity contribution < 1.29 is 4.39 Å². The monoisotopic (exact) mass is 537 g/mol. The SMILES string of the molecule is CC(C)c1nccc2c1-n1c(=O)nc(N3CCCC[C@@H]3C)c3cc(F)c(nc31)-c1cccc3cnn(c13)CCC2.